The van der Waals surface area contributed by atoms with E-state index < -0.39 is 12.0 Å². The van der Waals surface area contributed by atoms with Gasteiger partial charge in [0, 0.05) is 12.6 Å². The molecular weight excluding hydrogens is 234 g/mol. The molecule has 3 N–H and O–H groups in total. The number of amides is 2. The summed E-state index contributed by atoms with van der Waals surface area (Å²) in [6.07, 6.45) is 2.24. The van der Waals surface area contributed by atoms with Crippen LogP contribution in [0.5, 0.6) is 0 Å². The van der Waals surface area contributed by atoms with Crippen molar-refractivity contribution in [1.29, 1.82) is 0 Å². The van der Waals surface area contributed by atoms with E-state index in [0.29, 0.717) is 13.0 Å². The zero-order chi connectivity index (χ0) is 13.5. The van der Waals surface area contributed by atoms with Gasteiger partial charge in [-0.1, -0.05) is 6.92 Å². The Morgan fingerprint density at radius 2 is 2.00 bits per heavy atom. The summed E-state index contributed by atoms with van der Waals surface area (Å²) < 4.78 is 0. The molecule has 1 fully saturated rings. The van der Waals surface area contributed by atoms with Crippen LogP contribution in [-0.4, -0.2) is 53.7 Å². The van der Waals surface area contributed by atoms with Gasteiger partial charge in [-0.25, -0.2) is 9.59 Å². The third kappa shape index (κ3) is 3.87. The molecule has 1 rings (SSSR count). The van der Waals surface area contributed by atoms with Gasteiger partial charge in [0.15, 0.2) is 0 Å². The Morgan fingerprint density at radius 1 is 1.39 bits per heavy atom. The molecule has 0 aromatic carbocycles. The van der Waals surface area contributed by atoms with Crippen molar-refractivity contribution >= 4 is 12.0 Å². The Morgan fingerprint density at radius 3 is 2.44 bits per heavy atom. The van der Waals surface area contributed by atoms with Crippen molar-refractivity contribution in [3.05, 3.63) is 0 Å². The van der Waals surface area contributed by atoms with E-state index in [0.717, 1.165) is 25.9 Å². The smallest absolute Gasteiger partial charge is 0.326 e. The summed E-state index contributed by atoms with van der Waals surface area (Å²) in [4.78, 5) is 24.7. The van der Waals surface area contributed by atoms with E-state index in [1.54, 1.807) is 11.8 Å². The largest absolute Gasteiger partial charge is 0.480 e. The number of urea groups is 1. The van der Waals surface area contributed by atoms with Crippen molar-refractivity contribution in [1.82, 2.24) is 15.5 Å². The predicted molar refractivity (Wildman–Crippen MR) is 68.5 cm³/mol. The third-order valence-electron chi connectivity index (χ3n) is 3.36. The van der Waals surface area contributed by atoms with E-state index >= 15 is 0 Å². The van der Waals surface area contributed by atoms with Crippen LogP contribution in [0.4, 0.5) is 4.79 Å². The number of carbonyl (C=O) groups is 2. The van der Waals surface area contributed by atoms with E-state index in [2.05, 4.69) is 10.6 Å². The van der Waals surface area contributed by atoms with Gasteiger partial charge < -0.3 is 20.6 Å². The lowest BCUT2D eigenvalue weighted by Crippen LogP contribution is -2.53. The number of carboxylic acids is 1. The monoisotopic (exact) mass is 257 g/mol. The van der Waals surface area contributed by atoms with E-state index in [-0.39, 0.29) is 12.1 Å². The molecule has 0 saturated carbocycles. The topological polar surface area (TPSA) is 81.7 Å². The summed E-state index contributed by atoms with van der Waals surface area (Å²) in [7, 11) is 0. The standard InChI is InChI=1S/C12H23N3O3/c1-3-10(11(16)17)14-12(18)15(4-2)9-5-7-13-8-6-9/h9-10,13H,3-8H2,1-2H3,(H,14,18)(H,16,17)/t10-/m1/s1. The van der Waals surface area contributed by atoms with Crippen LogP contribution in [0.1, 0.15) is 33.1 Å². The third-order valence-corrected chi connectivity index (χ3v) is 3.36. The molecule has 1 atom stereocenters. The van der Waals surface area contributed by atoms with E-state index in [9.17, 15) is 9.59 Å². The van der Waals surface area contributed by atoms with Gasteiger partial charge in [0.2, 0.25) is 0 Å². The molecule has 0 aromatic rings. The average Bonchev–Trinajstić information content (AvgIpc) is 2.37. The molecular formula is C12H23N3O3. The first-order chi connectivity index (χ1) is 8.60. The van der Waals surface area contributed by atoms with Crippen LogP contribution in [0, 0.1) is 0 Å². The summed E-state index contributed by atoms with van der Waals surface area (Å²) in [6, 6.07) is -0.852. The Hall–Kier alpha value is -1.30. The number of aliphatic carboxylic acids is 1. The van der Waals surface area contributed by atoms with Gasteiger partial charge in [-0.2, -0.15) is 0 Å². The molecule has 104 valence electrons. The highest BCUT2D eigenvalue weighted by Gasteiger charge is 2.26. The molecule has 2 amide bonds. The van der Waals surface area contributed by atoms with Crippen molar-refractivity contribution in [2.24, 2.45) is 0 Å². The number of nitrogens with one attached hydrogen (secondary N) is 2. The van der Waals surface area contributed by atoms with Crippen molar-refractivity contribution < 1.29 is 14.7 Å². The van der Waals surface area contributed by atoms with Gasteiger partial charge in [0.1, 0.15) is 6.04 Å². The second-order valence-electron chi connectivity index (χ2n) is 4.52. The predicted octanol–water partition coefficient (Wildman–Crippen LogP) is 0.633. The van der Waals surface area contributed by atoms with Gasteiger partial charge in [0.25, 0.3) is 0 Å². The molecule has 0 bridgehead atoms. The van der Waals surface area contributed by atoms with Gasteiger partial charge in [-0.3, -0.25) is 0 Å². The first-order valence-electron chi connectivity index (χ1n) is 6.60. The van der Waals surface area contributed by atoms with Crippen molar-refractivity contribution in [3.63, 3.8) is 0 Å². The van der Waals surface area contributed by atoms with Gasteiger partial charge in [-0.05, 0) is 39.3 Å². The van der Waals surface area contributed by atoms with Crippen LogP contribution in [0.25, 0.3) is 0 Å². The molecule has 6 heteroatoms. The fourth-order valence-electron chi connectivity index (χ4n) is 2.26. The normalized spacial score (nSPS) is 18.1. The molecule has 1 saturated heterocycles. The first kappa shape index (κ1) is 14.8. The Kier molecular flexibility index (Phi) is 5.91. The number of nitrogens with zero attached hydrogens (tertiary/aromatic N) is 1. The number of hydrogen-bond acceptors (Lipinski definition) is 3. The fourth-order valence-corrected chi connectivity index (χ4v) is 2.26. The second-order valence-corrected chi connectivity index (χ2v) is 4.52. The number of piperidine rings is 1. The number of hydrogen-bond donors (Lipinski definition) is 3. The zero-order valence-corrected chi connectivity index (χ0v) is 11.1. The molecule has 1 aliphatic heterocycles. The van der Waals surface area contributed by atoms with Crippen LogP contribution >= 0.6 is 0 Å². The Balaban J connectivity index is 2.57. The fraction of sp³-hybridized carbons (Fsp3) is 0.833. The second kappa shape index (κ2) is 7.20. The summed E-state index contributed by atoms with van der Waals surface area (Å²) >= 11 is 0. The number of rotatable bonds is 5. The Labute approximate surface area is 108 Å². The van der Waals surface area contributed by atoms with E-state index in [1.807, 2.05) is 6.92 Å². The molecule has 0 radical (unpaired) electrons. The van der Waals surface area contributed by atoms with Gasteiger partial charge in [-0.15, -0.1) is 0 Å². The molecule has 1 heterocycles. The summed E-state index contributed by atoms with van der Waals surface area (Å²) in [5, 5.41) is 14.8. The van der Waals surface area contributed by atoms with Crippen LogP contribution in [0.15, 0.2) is 0 Å². The van der Waals surface area contributed by atoms with E-state index in [1.165, 1.54) is 0 Å². The van der Waals surface area contributed by atoms with Crippen LogP contribution < -0.4 is 10.6 Å². The molecule has 1 aliphatic rings. The summed E-state index contributed by atoms with van der Waals surface area (Å²) in [6.45, 7) is 6.09. The maximum Gasteiger partial charge on any atom is 0.326 e. The highest BCUT2D eigenvalue weighted by Crippen LogP contribution is 2.12. The lowest BCUT2D eigenvalue weighted by Gasteiger charge is -2.34. The van der Waals surface area contributed by atoms with E-state index in [4.69, 9.17) is 5.11 Å². The highest BCUT2D eigenvalue weighted by molar-refractivity contribution is 5.82. The summed E-state index contributed by atoms with van der Waals surface area (Å²) in [5.41, 5.74) is 0. The maximum atomic E-state index is 12.1. The van der Waals surface area contributed by atoms with Crippen LogP contribution in [0.3, 0.4) is 0 Å². The quantitative estimate of drug-likeness (QED) is 0.675. The van der Waals surface area contributed by atoms with Gasteiger partial charge in [0.05, 0.1) is 0 Å². The van der Waals surface area contributed by atoms with Crippen LogP contribution in [-0.2, 0) is 4.79 Å². The molecule has 0 unspecified atom stereocenters. The minimum Gasteiger partial charge on any atom is -0.480 e. The lowest BCUT2D eigenvalue weighted by atomic mass is 10.1. The maximum absolute atomic E-state index is 12.1. The molecule has 0 aromatic heterocycles. The molecule has 18 heavy (non-hydrogen) atoms. The number of carbonyl (C=O) groups excluding carboxylic acids is 1. The molecule has 0 aliphatic carbocycles. The molecule has 0 spiro atoms. The van der Waals surface area contributed by atoms with Crippen molar-refractivity contribution in [3.8, 4) is 0 Å². The molecule has 6 nitrogen and oxygen atoms in total. The van der Waals surface area contributed by atoms with Crippen molar-refractivity contribution in [2.45, 2.75) is 45.2 Å². The zero-order valence-electron chi connectivity index (χ0n) is 11.1. The van der Waals surface area contributed by atoms with Crippen molar-refractivity contribution in [2.75, 3.05) is 19.6 Å². The van der Waals surface area contributed by atoms with Gasteiger partial charge >= 0.3 is 12.0 Å². The highest BCUT2D eigenvalue weighted by atomic mass is 16.4. The average molecular weight is 257 g/mol. The Bertz CT molecular complexity index is 290. The minimum absolute atomic E-state index is 0.211. The SMILES string of the molecule is CC[C@@H](NC(=O)N(CC)C1CCNCC1)C(=O)O. The van der Waals surface area contributed by atoms with Crippen LogP contribution in [0.2, 0.25) is 0 Å². The lowest BCUT2D eigenvalue weighted by molar-refractivity contribution is -0.139. The minimum atomic E-state index is -0.979. The first-order valence-corrected chi connectivity index (χ1v) is 6.60. The number of carboxylic acid groups (broad SMARTS) is 1. The summed E-state index contributed by atoms with van der Waals surface area (Å²) in [5.74, 6) is -0.979.